The van der Waals surface area contributed by atoms with Gasteiger partial charge in [-0.3, -0.25) is 0 Å². The van der Waals surface area contributed by atoms with Crippen LogP contribution in [0.3, 0.4) is 0 Å². The van der Waals surface area contributed by atoms with E-state index in [2.05, 4.69) is 13.8 Å². The first-order valence-corrected chi connectivity index (χ1v) is 8.27. The van der Waals surface area contributed by atoms with Crippen LogP contribution in [-0.4, -0.2) is 36.1 Å². The van der Waals surface area contributed by atoms with E-state index >= 15 is 0 Å². The van der Waals surface area contributed by atoms with Crippen molar-refractivity contribution in [2.75, 3.05) is 20.8 Å². The van der Waals surface area contributed by atoms with Crippen molar-refractivity contribution in [2.24, 2.45) is 11.8 Å². The quantitative estimate of drug-likeness (QED) is 0.715. The van der Waals surface area contributed by atoms with Crippen LogP contribution in [0.1, 0.15) is 30.9 Å². The van der Waals surface area contributed by atoms with Crippen LogP contribution in [0.5, 0.6) is 23.0 Å². The minimum absolute atomic E-state index is 0.00865. The Bertz CT molecular complexity index is 658. The summed E-state index contributed by atoms with van der Waals surface area (Å²) in [5.41, 5.74) is 1.82. The molecule has 0 saturated carbocycles. The van der Waals surface area contributed by atoms with Crippen molar-refractivity contribution >= 4 is 0 Å². The normalized spacial score (nSPS) is 12.4. The van der Waals surface area contributed by atoms with Gasteiger partial charge in [0.1, 0.15) is 0 Å². The van der Waals surface area contributed by atoms with Gasteiger partial charge in [0, 0.05) is 12.5 Å². The molecular weight excluding hydrogens is 320 g/mol. The van der Waals surface area contributed by atoms with Crippen LogP contribution in [0, 0.1) is 11.8 Å². The number of hydrogen-bond donors (Lipinski definition) is 3. The van der Waals surface area contributed by atoms with Crippen LogP contribution < -0.4 is 9.47 Å². The smallest absolute Gasteiger partial charge is 0.160 e. The molecule has 0 aliphatic carbocycles. The molecular formula is C20H26O5. The van der Waals surface area contributed by atoms with E-state index in [1.807, 2.05) is 12.1 Å². The number of phenolic OH excluding ortho intramolecular Hbond substituents is 2. The van der Waals surface area contributed by atoms with Crippen LogP contribution >= 0.6 is 0 Å². The number of hydrogen-bond acceptors (Lipinski definition) is 5. The molecule has 2 rings (SSSR count). The number of ether oxygens (including phenoxy) is 2. The van der Waals surface area contributed by atoms with Crippen molar-refractivity contribution < 1.29 is 24.8 Å². The van der Waals surface area contributed by atoms with E-state index in [0.717, 1.165) is 11.1 Å². The zero-order chi connectivity index (χ0) is 18.6. The van der Waals surface area contributed by atoms with Crippen LogP contribution in [-0.2, 0) is 0 Å². The molecule has 0 radical (unpaired) electrons. The number of phenols is 2. The van der Waals surface area contributed by atoms with Crippen molar-refractivity contribution in [3.63, 3.8) is 0 Å². The third-order valence-corrected chi connectivity index (χ3v) is 4.62. The summed E-state index contributed by atoms with van der Waals surface area (Å²) in [5, 5.41) is 29.8. The van der Waals surface area contributed by atoms with Crippen molar-refractivity contribution in [1.82, 2.24) is 0 Å². The SMILES string of the molecule is COc1cc(C(c2ccc(O)c(OC)c2)[C@@H](CO)C(C)C)ccc1O. The summed E-state index contributed by atoms with van der Waals surface area (Å²) in [6, 6.07) is 10.4. The van der Waals surface area contributed by atoms with Gasteiger partial charge in [-0.15, -0.1) is 0 Å². The van der Waals surface area contributed by atoms with E-state index in [9.17, 15) is 15.3 Å². The van der Waals surface area contributed by atoms with Crippen molar-refractivity contribution in [3.05, 3.63) is 47.5 Å². The lowest BCUT2D eigenvalue weighted by Gasteiger charge is -2.30. The molecule has 0 bridgehead atoms. The van der Waals surface area contributed by atoms with E-state index in [1.54, 1.807) is 24.3 Å². The van der Waals surface area contributed by atoms with Crippen LogP contribution in [0.25, 0.3) is 0 Å². The molecule has 5 heteroatoms. The molecule has 2 aromatic carbocycles. The predicted octanol–water partition coefficient (Wildman–Crippen LogP) is 3.51. The lowest BCUT2D eigenvalue weighted by Crippen LogP contribution is -2.23. The number of aromatic hydroxyl groups is 2. The first-order valence-electron chi connectivity index (χ1n) is 8.27. The van der Waals surface area contributed by atoms with Crippen LogP contribution in [0.15, 0.2) is 36.4 Å². The number of aliphatic hydroxyl groups excluding tert-OH is 1. The second-order valence-electron chi connectivity index (χ2n) is 6.43. The fourth-order valence-electron chi connectivity index (χ4n) is 3.16. The second-order valence-corrected chi connectivity index (χ2v) is 6.43. The molecule has 25 heavy (non-hydrogen) atoms. The van der Waals surface area contributed by atoms with Gasteiger partial charge in [-0.25, -0.2) is 0 Å². The van der Waals surface area contributed by atoms with Crippen molar-refractivity contribution in [2.45, 2.75) is 19.8 Å². The first-order chi connectivity index (χ1) is 11.9. The molecule has 0 fully saturated rings. The van der Waals surface area contributed by atoms with Crippen LogP contribution in [0.2, 0.25) is 0 Å². The van der Waals surface area contributed by atoms with Gasteiger partial charge in [0.2, 0.25) is 0 Å². The Labute approximate surface area is 148 Å². The molecule has 5 nitrogen and oxygen atoms in total. The van der Waals surface area contributed by atoms with Gasteiger partial charge in [-0.05, 0) is 47.2 Å². The van der Waals surface area contributed by atoms with Crippen molar-refractivity contribution in [1.29, 1.82) is 0 Å². The Balaban J connectivity index is 2.61. The lowest BCUT2D eigenvalue weighted by molar-refractivity contribution is 0.175. The molecule has 0 aromatic heterocycles. The predicted molar refractivity (Wildman–Crippen MR) is 96.6 cm³/mol. The molecule has 1 atom stereocenters. The summed E-state index contributed by atoms with van der Waals surface area (Å²) in [6.45, 7) is 4.13. The molecule has 0 unspecified atom stereocenters. The number of benzene rings is 2. The molecule has 0 saturated heterocycles. The minimum Gasteiger partial charge on any atom is -0.504 e. The highest BCUT2D eigenvalue weighted by atomic mass is 16.5. The maximum absolute atomic E-state index is 9.99. The Morgan fingerprint density at radius 2 is 1.28 bits per heavy atom. The second kappa shape index (κ2) is 8.12. The topological polar surface area (TPSA) is 79.2 Å². The monoisotopic (exact) mass is 346 g/mol. The third-order valence-electron chi connectivity index (χ3n) is 4.62. The zero-order valence-electron chi connectivity index (χ0n) is 15.1. The third kappa shape index (κ3) is 3.99. The minimum atomic E-state index is -0.144. The van der Waals surface area contributed by atoms with E-state index in [-0.39, 0.29) is 35.9 Å². The van der Waals surface area contributed by atoms with Gasteiger partial charge in [-0.2, -0.15) is 0 Å². The summed E-state index contributed by atoms with van der Waals surface area (Å²) in [6.07, 6.45) is 0. The van der Waals surface area contributed by atoms with Gasteiger partial charge in [0.25, 0.3) is 0 Å². The summed E-state index contributed by atoms with van der Waals surface area (Å²) >= 11 is 0. The maximum atomic E-state index is 9.99. The van der Waals surface area contributed by atoms with Crippen LogP contribution in [0.4, 0.5) is 0 Å². The Morgan fingerprint density at radius 3 is 1.60 bits per heavy atom. The van der Waals surface area contributed by atoms with Gasteiger partial charge >= 0.3 is 0 Å². The fourth-order valence-corrected chi connectivity index (χ4v) is 3.16. The highest BCUT2D eigenvalue weighted by Crippen LogP contribution is 2.41. The van der Waals surface area contributed by atoms with E-state index in [4.69, 9.17) is 9.47 Å². The highest BCUT2D eigenvalue weighted by Gasteiger charge is 2.28. The molecule has 0 aliphatic rings. The average molecular weight is 346 g/mol. The molecule has 0 spiro atoms. The lowest BCUT2D eigenvalue weighted by atomic mass is 9.75. The van der Waals surface area contributed by atoms with Gasteiger partial charge in [0.05, 0.1) is 14.2 Å². The van der Waals surface area contributed by atoms with E-state index in [1.165, 1.54) is 14.2 Å². The Kier molecular flexibility index (Phi) is 6.15. The summed E-state index contributed by atoms with van der Waals surface area (Å²) < 4.78 is 10.5. The zero-order valence-corrected chi connectivity index (χ0v) is 15.1. The van der Waals surface area contributed by atoms with E-state index < -0.39 is 0 Å². The largest absolute Gasteiger partial charge is 0.504 e. The molecule has 0 heterocycles. The Morgan fingerprint density at radius 1 is 0.840 bits per heavy atom. The first kappa shape index (κ1) is 18.9. The number of rotatable bonds is 7. The molecule has 2 aromatic rings. The van der Waals surface area contributed by atoms with E-state index in [0.29, 0.717) is 11.5 Å². The molecule has 0 amide bonds. The van der Waals surface area contributed by atoms with Crippen molar-refractivity contribution in [3.8, 4) is 23.0 Å². The van der Waals surface area contributed by atoms with Gasteiger partial charge < -0.3 is 24.8 Å². The average Bonchev–Trinajstić information content (AvgIpc) is 2.60. The van der Waals surface area contributed by atoms with Gasteiger partial charge in [-0.1, -0.05) is 26.0 Å². The standard InChI is InChI=1S/C20H26O5/c1-12(2)15(11-21)20(13-5-7-16(22)18(9-13)24-3)14-6-8-17(23)19(10-14)25-4/h5-10,12,15,20-23H,11H2,1-4H3/t15-/m0/s1. The molecule has 136 valence electrons. The number of aliphatic hydroxyl groups is 1. The van der Waals surface area contributed by atoms with Gasteiger partial charge in [0.15, 0.2) is 23.0 Å². The number of methoxy groups -OCH3 is 2. The Hall–Kier alpha value is -2.40. The molecule has 3 N–H and O–H groups in total. The summed E-state index contributed by atoms with van der Waals surface area (Å²) in [4.78, 5) is 0. The fraction of sp³-hybridized carbons (Fsp3) is 0.400. The highest BCUT2D eigenvalue weighted by molar-refractivity contribution is 5.49. The maximum Gasteiger partial charge on any atom is 0.160 e. The molecule has 0 aliphatic heterocycles. The summed E-state index contributed by atoms with van der Waals surface area (Å²) in [5.74, 6) is 0.922. The summed E-state index contributed by atoms with van der Waals surface area (Å²) in [7, 11) is 3.01.